The van der Waals surface area contributed by atoms with Crippen LogP contribution in [0.25, 0.3) is 27.7 Å². The maximum absolute atomic E-state index is 15.5. The van der Waals surface area contributed by atoms with E-state index in [2.05, 4.69) is 20.4 Å². The van der Waals surface area contributed by atoms with Gasteiger partial charge in [0.15, 0.2) is 11.6 Å². The summed E-state index contributed by atoms with van der Waals surface area (Å²) in [5, 5.41) is 6.74. The molecule has 38 heavy (non-hydrogen) atoms. The Bertz CT molecular complexity index is 1740. The van der Waals surface area contributed by atoms with Gasteiger partial charge in [0, 0.05) is 17.5 Å². The van der Waals surface area contributed by atoms with Crippen molar-refractivity contribution < 1.29 is 39.7 Å². The van der Waals surface area contributed by atoms with Crippen LogP contribution in [0.2, 0.25) is 0 Å². The number of ether oxygens (including phenoxy) is 1. The first-order valence-corrected chi connectivity index (χ1v) is 11.4. The molecule has 202 valence electrons. The number of aryl methyl sites for hydroxylation is 1. The highest BCUT2D eigenvalue weighted by molar-refractivity contribution is 5.90. The number of benzene rings is 1. The molecule has 0 saturated carbocycles. The number of fused-ring (bicyclic) bond motifs is 2. The van der Waals surface area contributed by atoms with Crippen LogP contribution in [-0.2, 0) is 11.3 Å². The Kier molecular flexibility index (Phi) is 4.90. The van der Waals surface area contributed by atoms with Crippen LogP contribution in [0, 0.1) is 18.6 Å². The third kappa shape index (κ3) is 4.47. The topological polar surface area (TPSA) is 89.6 Å². The van der Waals surface area contributed by atoms with Crippen molar-refractivity contribution in [1.82, 2.24) is 29.0 Å². The third-order valence-corrected chi connectivity index (χ3v) is 6.40. The molecule has 3 aromatic heterocycles. The predicted octanol–water partition coefficient (Wildman–Crippen LogP) is 3.98. The lowest BCUT2D eigenvalue weighted by atomic mass is 10.0. The van der Waals surface area contributed by atoms with Gasteiger partial charge in [-0.3, -0.25) is 4.79 Å². The minimum absolute atomic E-state index is 0.0636. The molecule has 1 aliphatic heterocycles. The van der Waals surface area contributed by atoms with Crippen LogP contribution >= 0.6 is 0 Å². The highest BCUT2D eigenvalue weighted by Crippen LogP contribution is 2.37. The van der Waals surface area contributed by atoms with Gasteiger partial charge in [-0.05, 0) is 31.0 Å². The standard InChI is InChI=1S/C24H24F5N7O2/c1-11-30-21-14(25)6-13(7-18(21)35(11)10-19(28)29)20-16(27)9-36-22(20)23(38-3)32-24(33-36)31-17-4-5-34(12(2)37)8-15(17)26/h6-7,9,15,17,19H,4-5,8,10H2,1-3H3,(H,31,33)/t15-,17+/m1/s1/i2D3,3D3. The van der Waals surface area contributed by atoms with E-state index in [4.69, 9.17) is 13.0 Å². The number of rotatable bonds is 6. The van der Waals surface area contributed by atoms with Gasteiger partial charge >= 0.3 is 0 Å². The fraction of sp³-hybridized carbons (Fsp3) is 0.417. The summed E-state index contributed by atoms with van der Waals surface area (Å²) < 4.78 is 124. The van der Waals surface area contributed by atoms with Crippen molar-refractivity contribution in [3.8, 4) is 17.0 Å². The number of piperidine rings is 1. The van der Waals surface area contributed by atoms with Crippen LogP contribution in [0.3, 0.4) is 0 Å². The fourth-order valence-corrected chi connectivity index (χ4v) is 4.66. The molecule has 4 heterocycles. The summed E-state index contributed by atoms with van der Waals surface area (Å²) in [6.45, 7) is -3.02. The van der Waals surface area contributed by atoms with Crippen molar-refractivity contribution in [2.75, 3.05) is 25.4 Å². The molecule has 4 aromatic rings. The molecule has 0 radical (unpaired) electrons. The second-order valence-electron chi connectivity index (χ2n) is 8.78. The van der Waals surface area contributed by atoms with Crippen LogP contribution < -0.4 is 10.1 Å². The van der Waals surface area contributed by atoms with Crippen molar-refractivity contribution in [3.05, 3.63) is 35.8 Å². The van der Waals surface area contributed by atoms with E-state index in [1.54, 1.807) is 0 Å². The van der Waals surface area contributed by atoms with E-state index in [0.717, 1.165) is 26.2 Å². The zero-order chi connectivity index (χ0) is 32.3. The van der Waals surface area contributed by atoms with Crippen LogP contribution in [0.15, 0.2) is 18.3 Å². The van der Waals surface area contributed by atoms with Crippen LogP contribution in [0.4, 0.5) is 27.9 Å². The third-order valence-electron chi connectivity index (χ3n) is 6.40. The number of amides is 1. The fourth-order valence-electron chi connectivity index (χ4n) is 4.66. The molecule has 0 aliphatic carbocycles. The first-order chi connectivity index (χ1) is 20.4. The van der Waals surface area contributed by atoms with E-state index < -0.39 is 80.6 Å². The van der Waals surface area contributed by atoms with Gasteiger partial charge in [0.05, 0.1) is 47.6 Å². The second-order valence-corrected chi connectivity index (χ2v) is 8.78. The van der Waals surface area contributed by atoms with Crippen LogP contribution in [0.5, 0.6) is 5.88 Å². The highest BCUT2D eigenvalue weighted by Gasteiger charge is 2.31. The Morgan fingerprint density at radius 3 is 2.82 bits per heavy atom. The first-order valence-electron chi connectivity index (χ1n) is 14.4. The normalized spacial score (nSPS) is 21.1. The summed E-state index contributed by atoms with van der Waals surface area (Å²) >= 11 is 0. The van der Waals surface area contributed by atoms with Crippen molar-refractivity contribution in [2.45, 2.75) is 45.4 Å². The van der Waals surface area contributed by atoms with E-state index in [1.165, 1.54) is 13.0 Å². The van der Waals surface area contributed by atoms with Crippen molar-refractivity contribution >= 4 is 28.4 Å². The molecule has 1 N–H and O–H groups in total. The van der Waals surface area contributed by atoms with Gasteiger partial charge < -0.3 is 19.5 Å². The number of carbonyl (C=O) groups excluding carboxylic acids is 1. The Morgan fingerprint density at radius 2 is 2.11 bits per heavy atom. The molecule has 1 fully saturated rings. The Morgan fingerprint density at radius 1 is 1.29 bits per heavy atom. The van der Waals surface area contributed by atoms with Gasteiger partial charge in [-0.15, -0.1) is 5.10 Å². The van der Waals surface area contributed by atoms with E-state index in [0.29, 0.717) is 0 Å². The zero-order valence-corrected chi connectivity index (χ0v) is 19.7. The minimum atomic E-state index is -3.12. The summed E-state index contributed by atoms with van der Waals surface area (Å²) in [5.74, 6) is -4.19. The maximum Gasteiger partial charge on any atom is 0.256 e. The lowest BCUT2D eigenvalue weighted by Crippen LogP contribution is -2.49. The molecule has 0 bridgehead atoms. The highest BCUT2D eigenvalue weighted by atomic mass is 19.3. The number of nitrogens with zero attached hydrogens (tertiary/aromatic N) is 6. The molecule has 0 spiro atoms. The van der Waals surface area contributed by atoms with E-state index in [9.17, 15) is 13.6 Å². The van der Waals surface area contributed by atoms with Gasteiger partial charge in [0.25, 0.3) is 6.43 Å². The number of likely N-dealkylation sites (tertiary alicyclic amines) is 1. The van der Waals surface area contributed by atoms with Crippen LogP contribution in [0.1, 0.15) is 27.3 Å². The summed E-state index contributed by atoms with van der Waals surface area (Å²) in [6, 6.07) is 1.06. The number of methoxy groups -OCH3 is 1. The number of imidazole rings is 1. The monoisotopic (exact) mass is 543 g/mol. The molecule has 1 amide bonds. The van der Waals surface area contributed by atoms with Crippen LogP contribution in [-0.4, -0.2) is 73.7 Å². The quantitative estimate of drug-likeness (QED) is 0.370. The molecule has 0 unspecified atom stereocenters. The SMILES string of the molecule is [2H]C([2H])([2H])Oc1nc(N[C@H]2CCN(C(=O)C([2H])([2H])[2H])C[C@H]2F)nn2cc(F)c(-c3cc(F)c4nc(C)n(CC(F)F)c4c3)c12. The van der Waals surface area contributed by atoms with Crippen molar-refractivity contribution in [3.63, 3.8) is 0 Å². The molecule has 1 saturated heterocycles. The number of hydrogen-bond donors (Lipinski definition) is 1. The lowest BCUT2D eigenvalue weighted by Gasteiger charge is -2.34. The molecule has 1 aliphatic rings. The minimum Gasteiger partial charge on any atom is -0.479 e. The lowest BCUT2D eigenvalue weighted by molar-refractivity contribution is -0.131. The van der Waals surface area contributed by atoms with Gasteiger partial charge in [-0.1, -0.05) is 0 Å². The molecule has 14 heteroatoms. The molecule has 1 aromatic carbocycles. The van der Waals surface area contributed by atoms with Gasteiger partial charge in [0.1, 0.15) is 23.0 Å². The average Bonchev–Trinajstić information content (AvgIpc) is 3.39. The molecule has 9 nitrogen and oxygen atoms in total. The Hall–Kier alpha value is -3.97. The number of anilines is 1. The van der Waals surface area contributed by atoms with Gasteiger partial charge in [-0.25, -0.2) is 31.5 Å². The molecule has 5 rings (SSSR count). The maximum atomic E-state index is 15.5. The van der Waals surface area contributed by atoms with E-state index >= 15 is 13.2 Å². The van der Waals surface area contributed by atoms with Crippen molar-refractivity contribution in [1.29, 1.82) is 0 Å². The summed E-state index contributed by atoms with van der Waals surface area (Å²) in [6.07, 6.45) is -3.84. The van der Waals surface area contributed by atoms with Crippen molar-refractivity contribution in [2.24, 2.45) is 0 Å². The Labute approximate surface area is 221 Å². The first kappa shape index (κ1) is 19.2. The summed E-state index contributed by atoms with van der Waals surface area (Å²) in [7, 11) is -3.12. The number of carbonyl (C=O) groups is 1. The number of nitrogens with one attached hydrogen (secondary N) is 1. The molecular formula is C24H24F5N7O2. The second kappa shape index (κ2) is 9.72. The molecular weight excluding hydrogens is 513 g/mol. The average molecular weight is 544 g/mol. The summed E-state index contributed by atoms with van der Waals surface area (Å²) in [5.41, 5.74) is -1.23. The smallest absolute Gasteiger partial charge is 0.256 e. The number of hydrogen-bond acceptors (Lipinski definition) is 6. The predicted molar refractivity (Wildman–Crippen MR) is 128 cm³/mol. The van der Waals surface area contributed by atoms with E-state index in [-0.39, 0.29) is 40.9 Å². The van der Waals surface area contributed by atoms with Gasteiger partial charge in [-0.2, -0.15) is 4.98 Å². The summed E-state index contributed by atoms with van der Waals surface area (Å²) in [4.78, 5) is 20.9. The number of halogens is 5. The number of alkyl halides is 3. The molecule has 2 atom stereocenters. The number of aromatic nitrogens is 5. The largest absolute Gasteiger partial charge is 0.479 e. The Balaban J connectivity index is 1.56. The van der Waals surface area contributed by atoms with E-state index in [1.807, 2.05) is 0 Å². The zero-order valence-electron chi connectivity index (χ0n) is 25.7. The van der Waals surface area contributed by atoms with Gasteiger partial charge in [0.2, 0.25) is 17.7 Å².